The van der Waals surface area contributed by atoms with E-state index in [2.05, 4.69) is 19.9 Å². The standard InChI is InChI=1S/C19H28FN3O4/c1-26-17-6-5-16(20)12-15(17)13-22-8-10-23(11-9-22)14-18(24)21-7-3-4-19(25)27-2/h5-6,12H,3-4,7-11,13-14H2,1-2H3,(H,21,24). The van der Waals surface area contributed by atoms with Gasteiger partial charge in [-0.15, -0.1) is 0 Å². The average molecular weight is 381 g/mol. The van der Waals surface area contributed by atoms with Crippen LogP contribution in [-0.4, -0.2) is 75.2 Å². The number of halogens is 1. The number of rotatable bonds is 9. The second kappa shape index (κ2) is 10.8. The molecule has 1 N–H and O–H groups in total. The quantitative estimate of drug-likeness (QED) is 0.509. The minimum absolute atomic E-state index is 0.0416. The third-order valence-corrected chi connectivity index (χ3v) is 4.58. The molecule has 2 rings (SSSR count). The van der Waals surface area contributed by atoms with Crippen LogP contribution in [0.25, 0.3) is 0 Å². The van der Waals surface area contributed by atoms with Gasteiger partial charge >= 0.3 is 5.97 Å². The van der Waals surface area contributed by atoms with E-state index < -0.39 is 0 Å². The molecule has 0 bridgehead atoms. The molecule has 1 saturated heterocycles. The van der Waals surface area contributed by atoms with Crippen molar-refractivity contribution in [1.82, 2.24) is 15.1 Å². The number of piperazine rings is 1. The van der Waals surface area contributed by atoms with Crippen molar-refractivity contribution in [2.45, 2.75) is 19.4 Å². The van der Waals surface area contributed by atoms with Crippen LogP contribution in [0.1, 0.15) is 18.4 Å². The molecule has 8 heteroatoms. The Labute approximate surface area is 159 Å². The zero-order valence-electron chi connectivity index (χ0n) is 16.0. The first kappa shape index (κ1) is 21.1. The number of benzene rings is 1. The Bertz CT molecular complexity index is 633. The molecule has 0 unspecified atom stereocenters. The van der Waals surface area contributed by atoms with Crippen molar-refractivity contribution in [3.05, 3.63) is 29.6 Å². The van der Waals surface area contributed by atoms with Crippen LogP contribution in [0.15, 0.2) is 18.2 Å². The topological polar surface area (TPSA) is 71.1 Å². The van der Waals surface area contributed by atoms with Crippen molar-refractivity contribution >= 4 is 11.9 Å². The maximum absolute atomic E-state index is 13.5. The Morgan fingerprint density at radius 2 is 1.85 bits per heavy atom. The molecule has 27 heavy (non-hydrogen) atoms. The molecule has 1 aliphatic heterocycles. The monoisotopic (exact) mass is 381 g/mol. The van der Waals surface area contributed by atoms with E-state index in [1.807, 2.05) is 0 Å². The molecule has 1 aromatic rings. The molecule has 1 heterocycles. The number of methoxy groups -OCH3 is 2. The van der Waals surface area contributed by atoms with Crippen LogP contribution in [0.4, 0.5) is 4.39 Å². The summed E-state index contributed by atoms with van der Waals surface area (Å²) in [6.07, 6.45) is 0.876. The third kappa shape index (κ3) is 7.15. The number of hydrogen-bond acceptors (Lipinski definition) is 6. The van der Waals surface area contributed by atoms with E-state index in [1.165, 1.54) is 19.2 Å². The third-order valence-electron chi connectivity index (χ3n) is 4.58. The molecule has 0 aromatic heterocycles. The lowest BCUT2D eigenvalue weighted by Gasteiger charge is -2.34. The van der Waals surface area contributed by atoms with Gasteiger partial charge in [-0.25, -0.2) is 4.39 Å². The van der Waals surface area contributed by atoms with Gasteiger partial charge in [-0.1, -0.05) is 0 Å². The summed E-state index contributed by atoms with van der Waals surface area (Å²) in [4.78, 5) is 27.3. The summed E-state index contributed by atoms with van der Waals surface area (Å²) in [5, 5.41) is 2.82. The number of hydrogen-bond donors (Lipinski definition) is 1. The van der Waals surface area contributed by atoms with Gasteiger partial charge < -0.3 is 14.8 Å². The summed E-state index contributed by atoms with van der Waals surface area (Å²) in [6.45, 7) is 4.57. The Kier molecular flexibility index (Phi) is 8.47. The Hall–Kier alpha value is -2.19. The van der Waals surface area contributed by atoms with Crippen LogP contribution < -0.4 is 10.1 Å². The van der Waals surface area contributed by atoms with Gasteiger partial charge in [0.1, 0.15) is 11.6 Å². The fraction of sp³-hybridized carbons (Fsp3) is 0.579. The van der Waals surface area contributed by atoms with Gasteiger partial charge in [0.15, 0.2) is 0 Å². The van der Waals surface area contributed by atoms with Crippen molar-refractivity contribution in [2.24, 2.45) is 0 Å². The molecule has 1 aromatic carbocycles. The highest BCUT2D eigenvalue weighted by atomic mass is 19.1. The number of nitrogens with one attached hydrogen (secondary N) is 1. The van der Waals surface area contributed by atoms with E-state index in [0.717, 1.165) is 31.7 Å². The fourth-order valence-electron chi connectivity index (χ4n) is 3.04. The lowest BCUT2D eigenvalue weighted by Crippen LogP contribution is -2.49. The van der Waals surface area contributed by atoms with E-state index in [9.17, 15) is 14.0 Å². The molecule has 0 saturated carbocycles. The van der Waals surface area contributed by atoms with E-state index in [4.69, 9.17) is 4.74 Å². The van der Waals surface area contributed by atoms with Crippen molar-refractivity contribution in [1.29, 1.82) is 0 Å². The van der Waals surface area contributed by atoms with Gasteiger partial charge in [0.2, 0.25) is 5.91 Å². The summed E-state index contributed by atoms with van der Waals surface area (Å²) >= 11 is 0. The summed E-state index contributed by atoms with van der Waals surface area (Å²) in [5.41, 5.74) is 0.828. The molecule has 1 fully saturated rings. The van der Waals surface area contributed by atoms with Crippen LogP contribution in [0, 0.1) is 5.82 Å². The van der Waals surface area contributed by atoms with Gasteiger partial charge in [-0.3, -0.25) is 19.4 Å². The number of esters is 1. The number of nitrogens with zero attached hydrogens (tertiary/aromatic N) is 2. The number of carbonyl (C=O) groups is 2. The Morgan fingerprint density at radius 3 is 2.52 bits per heavy atom. The summed E-state index contributed by atoms with van der Waals surface area (Å²) in [7, 11) is 2.93. The molecule has 1 aliphatic rings. The molecule has 0 atom stereocenters. The molecule has 7 nitrogen and oxygen atoms in total. The lowest BCUT2D eigenvalue weighted by atomic mass is 10.1. The maximum atomic E-state index is 13.5. The lowest BCUT2D eigenvalue weighted by molar-refractivity contribution is -0.140. The highest BCUT2D eigenvalue weighted by molar-refractivity contribution is 5.78. The molecule has 1 amide bonds. The van der Waals surface area contributed by atoms with Crippen molar-refractivity contribution in [3.8, 4) is 5.75 Å². The highest BCUT2D eigenvalue weighted by Gasteiger charge is 2.20. The number of carbonyl (C=O) groups excluding carboxylic acids is 2. The van der Waals surface area contributed by atoms with E-state index >= 15 is 0 Å². The predicted octanol–water partition coefficient (Wildman–Crippen LogP) is 1.02. The van der Waals surface area contributed by atoms with Gasteiger partial charge in [0.25, 0.3) is 0 Å². The summed E-state index contributed by atoms with van der Waals surface area (Å²) < 4.78 is 23.3. The van der Waals surface area contributed by atoms with Crippen LogP contribution in [0.3, 0.4) is 0 Å². The first-order valence-corrected chi connectivity index (χ1v) is 9.12. The van der Waals surface area contributed by atoms with Gasteiger partial charge in [0.05, 0.1) is 20.8 Å². The fourth-order valence-corrected chi connectivity index (χ4v) is 3.04. The first-order valence-electron chi connectivity index (χ1n) is 9.12. The molecule has 0 radical (unpaired) electrons. The van der Waals surface area contributed by atoms with Crippen LogP contribution in [-0.2, 0) is 20.9 Å². The number of ether oxygens (including phenoxy) is 2. The maximum Gasteiger partial charge on any atom is 0.305 e. The van der Waals surface area contributed by atoms with Gasteiger partial charge in [-0.2, -0.15) is 0 Å². The molecular formula is C19H28FN3O4. The Morgan fingerprint density at radius 1 is 1.15 bits per heavy atom. The van der Waals surface area contributed by atoms with Crippen molar-refractivity contribution < 1.29 is 23.5 Å². The van der Waals surface area contributed by atoms with Crippen LogP contribution >= 0.6 is 0 Å². The summed E-state index contributed by atoms with van der Waals surface area (Å²) in [6, 6.07) is 4.54. The van der Waals surface area contributed by atoms with Crippen LogP contribution in [0.5, 0.6) is 5.75 Å². The predicted molar refractivity (Wildman–Crippen MR) is 98.9 cm³/mol. The first-order chi connectivity index (χ1) is 13.0. The highest BCUT2D eigenvalue weighted by Crippen LogP contribution is 2.21. The second-order valence-corrected chi connectivity index (χ2v) is 6.54. The zero-order chi connectivity index (χ0) is 19.6. The number of amides is 1. The van der Waals surface area contributed by atoms with Crippen molar-refractivity contribution in [3.63, 3.8) is 0 Å². The SMILES string of the molecule is COC(=O)CCCNC(=O)CN1CCN(Cc2cc(F)ccc2OC)CC1. The second-order valence-electron chi connectivity index (χ2n) is 6.54. The smallest absolute Gasteiger partial charge is 0.305 e. The van der Waals surface area contributed by atoms with E-state index in [0.29, 0.717) is 38.2 Å². The van der Waals surface area contributed by atoms with E-state index in [1.54, 1.807) is 13.2 Å². The summed E-state index contributed by atoms with van der Waals surface area (Å²) in [5.74, 6) is 0.105. The van der Waals surface area contributed by atoms with E-state index in [-0.39, 0.29) is 17.7 Å². The normalized spacial score (nSPS) is 15.4. The molecule has 150 valence electrons. The largest absolute Gasteiger partial charge is 0.496 e. The Balaban J connectivity index is 1.69. The van der Waals surface area contributed by atoms with Gasteiger partial charge in [-0.05, 0) is 24.6 Å². The minimum atomic E-state index is -0.270. The van der Waals surface area contributed by atoms with Gasteiger partial charge in [0, 0.05) is 51.3 Å². The zero-order valence-corrected chi connectivity index (χ0v) is 16.0. The average Bonchev–Trinajstić information content (AvgIpc) is 2.67. The molecule has 0 aliphatic carbocycles. The van der Waals surface area contributed by atoms with Crippen LogP contribution in [0.2, 0.25) is 0 Å². The molecule has 0 spiro atoms. The van der Waals surface area contributed by atoms with Crippen molar-refractivity contribution in [2.75, 3.05) is 53.5 Å². The minimum Gasteiger partial charge on any atom is -0.496 e. The molecular weight excluding hydrogens is 353 g/mol.